The molecule has 2 aromatic carbocycles. The number of nitrogens with one attached hydrogen (secondary N) is 3. The molecule has 0 saturated carbocycles. The predicted molar refractivity (Wildman–Crippen MR) is 128 cm³/mol. The van der Waals surface area contributed by atoms with Gasteiger partial charge >= 0.3 is 0 Å². The Balaban J connectivity index is 1.72. The highest BCUT2D eigenvalue weighted by molar-refractivity contribution is 7.89. The largest absolute Gasteiger partial charge is 0.326 e. The van der Waals surface area contributed by atoms with Gasteiger partial charge in [0.25, 0.3) is 0 Å². The van der Waals surface area contributed by atoms with Gasteiger partial charge in [0.1, 0.15) is 11.0 Å². The van der Waals surface area contributed by atoms with Crippen molar-refractivity contribution in [3.05, 3.63) is 54.1 Å². The van der Waals surface area contributed by atoms with E-state index in [0.717, 1.165) is 11.1 Å². The highest BCUT2D eigenvalue weighted by Gasteiger charge is 2.29. The summed E-state index contributed by atoms with van der Waals surface area (Å²) in [5.74, 6) is -1.12. The molecule has 11 heteroatoms. The van der Waals surface area contributed by atoms with E-state index in [9.17, 15) is 18.0 Å². The summed E-state index contributed by atoms with van der Waals surface area (Å²) in [5, 5.41) is 14.3. The third-order valence-electron chi connectivity index (χ3n) is 4.67. The van der Waals surface area contributed by atoms with Crippen molar-refractivity contribution in [1.82, 2.24) is 14.9 Å². The lowest BCUT2D eigenvalue weighted by Gasteiger charge is -2.21. The second-order valence-corrected chi connectivity index (χ2v) is 10.5. The van der Waals surface area contributed by atoms with Crippen molar-refractivity contribution >= 4 is 44.0 Å². The molecule has 2 amide bonds. The van der Waals surface area contributed by atoms with Crippen LogP contribution in [0.15, 0.2) is 53.4 Å². The molecule has 0 aliphatic rings. The third kappa shape index (κ3) is 6.44. The molecule has 0 bridgehead atoms. The summed E-state index contributed by atoms with van der Waals surface area (Å²) in [4.78, 5) is 24.0. The Morgan fingerprint density at radius 2 is 1.58 bits per heavy atom. The number of carbonyl (C=O) groups excluding carboxylic acids is 2. The number of benzene rings is 2. The molecular weight excluding hydrogens is 462 g/mol. The number of nitrogens with zero attached hydrogens (tertiary/aromatic N) is 2. The van der Waals surface area contributed by atoms with E-state index in [1.807, 2.05) is 31.2 Å². The molecule has 3 aromatic rings. The van der Waals surface area contributed by atoms with Crippen molar-refractivity contribution in [2.45, 2.75) is 38.6 Å². The average Bonchev–Trinajstić information content (AvgIpc) is 3.20. The van der Waals surface area contributed by atoms with Crippen LogP contribution < -0.4 is 15.4 Å². The van der Waals surface area contributed by atoms with Gasteiger partial charge in [-0.3, -0.25) is 14.9 Å². The van der Waals surface area contributed by atoms with Crippen LogP contribution in [0, 0.1) is 12.8 Å². The Labute approximate surface area is 196 Å². The van der Waals surface area contributed by atoms with Gasteiger partial charge in [-0.15, -0.1) is 10.2 Å². The summed E-state index contributed by atoms with van der Waals surface area (Å²) in [6, 6.07) is 12.4. The van der Waals surface area contributed by atoms with Crippen molar-refractivity contribution in [1.29, 1.82) is 0 Å². The number of amides is 2. The summed E-state index contributed by atoms with van der Waals surface area (Å²) in [7, 11) is -3.99. The Bertz CT molecular complexity index is 1240. The van der Waals surface area contributed by atoms with E-state index in [1.165, 1.54) is 42.5 Å². The van der Waals surface area contributed by atoms with Crippen molar-refractivity contribution in [3.63, 3.8) is 0 Å². The van der Waals surface area contributed by atoms with Gasteiger partial charge in [-0.25, -0.2) is 8.42 Å². The van der Waals surface area contributed by atoms with Crippen LogP contribution in [-0.2, 0) is 19.6 Å². The maximum absolute atomic E-state index is 12.9. The number of carbonyl (C=O) groups is 2. The predicted octanol–water partition coefficient (Wildman–Crippen LogP) is 3.41. The van der Waals surface area contributed by atoms with Crippen molar-refractivity contribution < 1.29 is 18.0 Å². The second-order valence-electron chi connectivity index (χ2n) is 7.82. The molecular formula is C22H25N5O4S2. The van der Waals surface area contributed by atoms with Gasteiger partial charge in [0, 0.05) is 18.2 Å². The smallest absolute Gasteiger partial charge is 0.244 e. The number of hydrogen-bond acceptors (Lipinski definition) is 7. The fourth-order valence-corrected chi connectivity index (χ4v) is 5.01. The number of hydrogen-bond donors (Lipinski definition) is 3. The molecule has 33 heavy (non-hydrogen) atoms. The highest BCUT2D eigenvalue weighted by Crippen LogP contribution is 2.27. The van der Waals surface area contributed by atoms with Crippen LogP contribution >= 0.6 is 11.3 Å². The topological polar surface area (TPSA) is 130 Å². The van der Waals surface area contributed by atoms with Crippen LogP contribution in [0.1, 0.15) is 26.3 Å². The first kappa shape index (κ1) is 24.5. The van der Waals surface area contributed by atoms with Crippen LogP contribution in [0.3, 0.4) is 0 Å². The van der Waals surface area contributed by atoms with Gasteiger partial charge in [0.15, 0.2) is 0 Å². The molecule has 3 N–H and O–H groups in total. The number of sulfonamides is 1. The van der Waals surface area contributed by atoms with E-state index in [2.05, 4.69) is 25.6 Å². The van der Waals surface area contributed by atoms with Crippen molar-refractivity contribution in [2.75, 3.05) is 10.6 Å². The van der Waals surface area contributed by atoms with Crippen LogP contribution in [0.2, 0.25) is 0 Å². The van der Waals surface area contributed by atoms with Crippen LogP contribution in [-0.4, -0.2) is 36.5 Å². The SMILES string of the molecule is CC(=O)Nc1ccc(S(=O)(=O)NC(C(=O)Nc2nnc(-c3ccc(C)cc3)s2)C(C)C)cc1. The van der Waals surface area contributed by atoms with Crippen molar-refractivity contribution in [2.24, 2.45) is 5.92 Å². The Kier molecular flexibility index (Phi) is 7.57. The van der Waals surface area contributed by atoms with Crippen molar-refractivity contribution in [3.8, 4) is 10.6 Å². The van der Waals surface area contributed by atoms with Gasteiger partial charge < -0.3 is 5.32 Å². The van der Waals surface area contributed by atoms with E-state index in [-0.39, 0.29) is 21.9 Å². The molecule has 0 fully saturated rings. The zero-order valence-electron chi connectivity index (χ0n) is 18.6. The van der Waals surface area contributed by atoms with E-state index in [0.29, 0.717) is 10.7 Å². The molecule has 0 radical (unpaired) electrons. The quantitative estimate of drug-likeness (QED) is 0.446. The monoisotopic (exact) mass is 487 g/mol. The summed E-state index contributed by atoms with van der Waals surface area (Å²) >= 11 is 1.20. The molecule has 0 aliphatic heterocycles. The molecule has 1 aromatic heterocycles. The highest BCUT2D eigenvalue weighted by atomic mass is 32.2. The molecule has 0 aliphatic carbocycles. The van der Waals surface area contributed by atoms with Crippen LogP contribution in [0.25, 0.3) is 10.6 Å². The third-order valence-corrected chi connectivity index (χ3v) is 7.01. The minimum absolute atomic E-state index is 0.0207. The minimum atomic E-state index is -3.99. The maximum atomic E-state index is 12.9. The summed E-state index contributed by atoms with van der Waals surface area (Å²) < 4.78 is 28.2. The molecule has 174 valence electrons. The van der Waals surface area contributed by atoms with Gasteiger partial charge in [0.05, 0.1) is 4.90 Å². The molecule has 0 spiro atoms. The fraction of sp³-hybridized carbons (Fsp3) is 0.273. The maximum Gasteiger partial charge on any atom is 0.244 e. The van der Waals surface area contributed by atoms with Gasteiger partial charge in [-0.05, 0) is 37.1 Å². The standard InChI is InChI=1S/C22H25N5O4S2/c1-13(2)19(27-33(30,31)18-11-9-17(10-12-18)23-15(4)28)20(29)24-22-26-25-21(32-22)16-7-5-14(3)6-8-16/h5-13,19,27H,1-4H3,(H,23,28)(H,24,26,29). The Hall–Kier alpha value is -3.15. The minimum Gasteiger partial charge on any atom is -0.326 e. The van der Waals surface area contributed by atoms with Gasteiger partial charge in [0.2, 0.25) is 27.0 Å². The van der Waals surface area contributed by atoms with E-state index in [1.54, 1.807) is 13.8 Å². The van der Waals surface area contributed by atoms with Gasteiger partial charge in [-0.2, -0.15) is 4.72 Å². The van der Waals surface area contributed by atoms with Gasteiger partial charge in [-0.1, -0.05) is 55.0 Å². The number of aryl methyl sites for hydroxylation is 1. The Morgan fingerprint density at radius 3 is 2.15 bits per heavy atom. The van der Waals surface area contributed by atoms with E-state index in [4.69, 9.17) is 0 Å². The number of rotatable bonds is 8. The first-order valence-electron chi connectivity index (χ1n) is 10.2. The molecule has 9 nitrogen and oxygen atoms in total. The molecule has 0 saturated heterocycles. The Morgan fingerprint density at radius 1 is 0.939 bits per heavy atom. The zero-order valence-corrected chi connectivity index (χ0v) is 20.3. The summed E-state index contributed by atoms with van der Waals surface area (Å²) in [6.45, 7) is 6.83. The second kappa shape index (κ2) is 10.2. The van der Waals surface area contributed by atoms with Crippen LogP contribution in [0.4, 0.5) is 10.8 Å². The number of aromatic nitrogens is 2. The van der Waals surface area contributed by atoms with E-state index >= 15 is 0 Å². The van der Waals surface area contributed by atoms with E-state index < -0.39 is 22.0 Å². The zero-order chi connectivity index (χ0) is 24.2. The fourth-order valence-electron chi connectivity index (χ4n) is 2.92. The van der Waals surface area contributed by atoms with Crippen LogP contribution in [0.5, 0.6) is 0 Å². The average molecular weight is 488 g/mol. The summed E-state index contributed by atoms with van der Waals surface area (Å²) in [5.41, 5.74) is 2.47. The first-order chi connectivity index (χ1) is 15.5. The molecule has 1 heterocycles. The lowest BCUT2D eigenvalue weighted by molar-refractivity contribution is -0.118. The number of anilines is 2. The molecule has 1 atom stereocenters. The first-order valence-corrected chi connectivity index (χ1v) is 12.5. The lowest BCUT2D eigenvalue weighted by Crippen LogP contribution is -2.47. The lowest BCUT2D eigenvalue weighted by atomic mass is 10.1. The molecule has 3 rings (SSSR count). The molecule has 1 unspecified atom stereocenters. The summed E-state index contributed by atoms with van der Waals surface area (Å²) in [6.07, 6.45) is 0. The normalized spacial score (nSPS) is 12.4.